The molecule has 0 rings (SSSR count). The molecule has 0 aromatic heterocycles. The summed E-state index contributed by atoms with van der Waals surface area (Å²) in [6.45, 7) is 10.4. The summed E-state index contributed by atoms with van der Waals surface area (Å²) in [6, 6.07) is 0. The van der Waals surface area contributed by atoms with Crippen molar-refractivity contribution in [2.45, 2.75) is 111 Å². The average molecular weight is 373 g/mol. The third kappa shape index (κ3) is 14.5. The molecular formula is C22H44O4. The first kappa shape index (κ1) is 25.4. The van der Waals surface area contributed by atoms with Crippen LogP contribution in [0.25, 0.3) is 0 Å². The molecule has 4 heteroatoms. The molecule has 0 saturated carbocycles. The number of ether oxygens (including phenoxy) is 2. The van der Waals surface area contributed by atoms with E-state index in [4.69, 9.17) is 14.6 Å². The van der Waals surface area contributed by atoms with Crippen LogP contribution in [-0.4, -0.2) is 30.6 Å². The van der Waals surface area contributed by atoms with Crippen molar-refractivity contribution >= 4 is 5.97 Å². The van der Waals surface area contributed by atoms with E-state index in [-0.39, 0.29) is 12.7 Å². The Morgan fingerprint density at radius 3 is 1.65 bits per heavy atom. The molecule has 2 unspecified atom stereocenters. The van der Waals surface area contributed by atoms with E-state index < -0.39 is 5.97 Å². The van der Waals surface area contributed by atoms with Crippen LogP contribution >= 0.6 is 0 Å². The first-order valence-electron chi connectivity index (χ1n) is 11.0. The zero-order valence-corrected chi connectivity index (χ0v) is 17.8. The van der Waals surface area contributed by atoms with Crippen LogP contribution in [0.15, 0.2) is 0 Å². The summed E-state index contributed by atoms with van der Waals surface area (Å²) in [6.07, 6.45) is 12.0. The molecule has 26 heavy (non-hydrogen) atoms. The predicted octanol–water partition coefficient (Wildman–Crippen LogP) is 6.42. The van der Waals surface area contributed by atoms with Crippen LogP contribution in [0.4, 0.5) is 0 Å². The molecule has 0 saturated heterocycles. The summed E-state index contributed by atoms with van der Waals surface area (Å²) in [4.78, 5) is 10.7. The molecule has 156 valence electrons. The molecule has 0 bridgehead atoms. The Balaban J connectivity index is 4.39. The Kier molecular flexibility index (Phi) is 17.4. The van der Waals surface area contributed by atoms with Crippen LogP contribution < -0.4 is 0 Å². The van der Waals surface area contributed by atoms with Crippen LogP contribution in [0.2, 0.25) is 0 Å². The van der Waals surface area contributed by atoms with E-state index in [1.807, 2.05) is 0 Å². The van der Waals surface area contributed by atoms with Gasteiger partial charge in [0.25, 0.3) is 0 Å². The Labute approximate surface area is 162 Å². The van der Waals surface area contributed by atoms with Gasteiger partial charge < -0.3 is 14.6 Å². The van der Waals surface area contributed by atoms with Gasteiger partial charge in [-0.05, 0) is 43.9 Å². The maximum absolute atomic E-state index is 10.7. The predicted molar refractivity (Wildman–Crippen MR) is 108 cm³/mol. The maximum Gasteiger partial charge on any atom is 0.303 e. The lowest BCUT2D eigenvalue weighted by molar-refractivity contribution is -0.162. The number of unbranched alkanes of at least 4 members (excludes halogenated alkanes) is 3. The molecule has 0 aromatic carbocycles. The largest absolute Gasteiger partial charge is 0.481 e. The summed E-state index contributed by atoms with van der Waals surface area (Å²) in [5, 5.41) is 8.80. The Morgan fingerprint density at radius 1 is 0.769 bits per heavy atom. The molecular weight excluding hydrogens is 328 g/mol. The fraction of sp³-hybridized carbons (Fsp3) is 0.955. The van der Waals surface area contributed by atoms with Crippen molar-refractivity contribution in [3.8, 4) is 0 Å². The van der Waals surface area contributed by atoms with E-state index in [0.717, 1.165) is 38.9 Å². The lowest BCUT2D eigenvalue weighted by atomic mass is 10.0. The summed E-state index contributed by atoms with van der Waals surface area (Å²) in [7, 11) is 0. The highest BCUT2D eigenvalue weighted by atomic mass is 16.7. The van der Waals surface area contributed by atoms with Gasteiger partial charge in [0.1, 0.15) is 0 Å². The van der Waals surface area contributed by atoms with Gasteiger partial charge in [-0.2, -0.15) is 0 Å². The number of rotatable bonds is 19. The number of carboxylic acid groups (broad SMARTS) is 1. The van der Waals surface area contributed by atoms with Gasteiger partial charge in [0, 0.05) is 6.42 Å². The summed E-state index contributed by atoms with van der Waals surface area (Å²) < 4.78 is 12.3. The zero-order valence-electron chi connectivity index (χ0n) is 17.8. The van der Waals surface area contributed by atoms with E-state index in [0.29, 0.717) is 18.3 Å². The van der Waals surface area contributed by atoms with Gasteiger partial charge in [0.2, 0.25) is 0 Å². The van der Waals surface area contributed by atoms with Crippen molar-refractivity contribution in [3.63, 3.8) is 0 Å². The molecule has 2 atom stereocenters. The van der Waals surface area contributed by atoms with Crippen molar-refractivity contribution in [2.75, 3.05) is 13.2 Å². The topological polar surface area (TPSA) is 55.8 Å². The standard InChI is InChI=1S/C22H44O4/c1-5-9-13-19(7-3)17-25-22(16-12-11-15-21(23)24)26-18-20(8-4)14-10-6-2/h19-20,22H,5-18H2,1-4H3,(H,23,24). The molecule has 1 N–H and O–H groups in total. The highest BCUT2D eigenvalue weighted by Crippen LogP contribution is 2.19. The lowest BCUT2D eigenvalue weighted by Crippen LogP contribution is -2.24. The lowest BCUT2D eigenvalue weighted by Gasteiger charge is -2.24. The smallest absolute Gasteiger partial charge is 0.303 e. The highest BCUT2D eigenvalue weighted by Gasteiger charge is 2.16. The highest BCUT2D eigenvalue weighted by molar-refractivity contribution is 5.66. The fourth-order valence-electron chi connectivity index (χ4n) is 3.09. The van der Waals surface area contributed by atoms with E-state index >= 15 is 0 Å². The van der Waals surface area contributed by atoms with E-state index in [1.54, 1.807) is 0 Å². The summed E-state index contributed by atoms with van der Waals surface area (Å²) in [5.41, 5.74) is 0. The first-order valence-corrected chi connectivity index (χ1v) is 11.0. The number of aliphatic carboxylic acids is 1. The normalized spacial score (nSPS) is 14.9. The van der Waals surface area contributed by atoms with Crippen molar-refractivity contribution in [1.82, 2.24) is 0 Å². The van der Waals surface area contributed by atoms with Crippen molar-refractivity contribution in [3.05, 3.63) is 0 Å². The third-order valence-corrected chi connectivity index (χ3v) is 5.20. The second kappa shape index (κ2) is 17.8. The Bertz CT molecular complexity index is 299. The first-order chi connectivity index (χ1) is 12.6. The minimum atomic E-state index is -0.723. The SMILES string of the molecule is CCCCC(CC)COC(CCCCC(=O)O)OCC(CC)CCCC. The van der Waals surface area contributed by atoms with Gasteiger partial charge in [-0.3, -0.25) is 4.79 Å². The Hall–Kier alpha value is -0.610. The number of hydrogen-bond donors (Lipinski definition) is 1. The van der Waals surface area contributed by atoms with Gasteiger partial charge in [0.05, 0.1) is 13.2 Å². The van der Waals surface area contributed by atoms with Crippen LogP contribution in [-0.2, 0) is 14.3 Å². The van der Waals surface area contributed by atoms with Crippen LogP contribution in [0.5, 0.6) is 0 Å². The maximum atomic E-state index is 10.7. The molecule has 4 nitrogen and oxygen atoms in total. The van der Waals surface area contributed by atoms with Gasteiger partial charge in [-0.1, -0.05) is 66.2 Å². The average Bonchev–Trinajstić information content (AvgIpc) is 2.64. The third-order valence-electron chi connectivity index (χ3n) is 5.20. The van der Waals surface area contributed by atoms with E-state index in [1.165, 1.54) is 38.5 Å². The second-order valence-corrected chi connectivity index (χ2v) is 7.57. The minimum absolute atomic E-state index is 0.185. The molecule has 0 fully saturated rings. The van der Waals surface area contributed by atoms with Crippen molar-refractivity contribution in [1.29, 1.82) is 0 Å². The van der Waals surface area contributed by atoms with E-state index in [9.17, 15) is 4.79 Å². The van der Waals surface area contributed by atoms with Crippen LogP contribution in [0.3, 0.4) is 0 Å². The van der Waals surface area contributed by atoms with Gasteiger partial charge in [-0.25, -0.2) is 0 Å². The van der Waals surface area contributed by atoms with Crippen LogP contribution in [0.1, 0.15) is 105 Å². The Morgan fingerprint density at radius 2 is 1.27 bits per heavy atom. The molecule has 0 radical (unpaired) electrons. The molecule has 0 aliphatic heterocycles. The quantitative estimate of drug-likeness (QED) is 0.210. The molecule has 0 heterocycles. The summed E-state index contributed by atoms with van der Waals surface area (Å²) in [5.74, 6) is 0.476. The molecule has 0 amide bonds. The zero-order chi connectivity index (χ0) is 19.6. The van der Waals surface area contributed by atoms with Gasteiger partial charge in [0.15, 0.2) is 6.29 Å². The monoisotopic (exact) mass is 372 g/mol. The molecule has 0 aliphatic carbocycles. The number of carboxylic acids is 1. The van der Waals surface area contributed by atoms with Crippen molar-refractivity contribution < 1.29 is 19.4 Å². The molecule has 0 aromatic rings. The van der Waals surface area contributed by atoms with Gasteiger partial charge in [-0.15, -0.1) is 0 Å². The van der Waals surface area contributed by atoms with Gasteiger partial charge >= 0.3 is 5.97 Å². The number of hydrogen-bond acceptors (Lipinski definition) is 3. The fourth-order valence-corrected chi connectivity index (χ4v) is 3.09. The minimum Gasteiger partial charge on any atom is -0.481 e. The summed E-state index contributed by atoms with van der Waals surface area (Å²) >= 11 is 0. The second-order valence-electron chi connectivity index (χ2n) is 7.57. The molecule has 0 spiro atoms. The van der Waals surface area contributed by atoms with E-state index in [2.05, 4.69) is 27.7 Å². The number of carbonyl (C=O) groups is 1. The molecule has 0 aliphatic rings. The van der Waals surface area contributed by atoms with Crippen molar-refractivity contribution in [2.24, 2.45) is 11.8 Å². The van der Waals surface area contributed by atoms with Crippen LogP contribution in [0, 0.1) is 11.8 Å².